The lowest BCUT2D eigenvalue weighted by Gasteiger charge is -2.17. The maximum absolute atomic E-state index is 12.7. The molecular weight excluding hydrogens is 408 g/mol. The normalized spacial score (nSPS) is 15.0. The number of thioether (sulfide) groups is 1. The number of para-hydroxylation sites is 2. The van der Waals surface area contributed by atoms with Crippen molar-refractivity contribution in [2.45, 2.75) is 62.6 Å². The molecule has 1 atom stereocenters. The highest BCUT2D eigenvalue weighted by molar-refractivity contribution is 8.00. The molecule has 1 heterocycles. The van der Waals surface area contributed by atoms with Crippen molar-refractivity contribution < 1.29 is 9.53 Å². The van der Waals surface area contributed by atoms with Gasteiger partial charge in [-0.15, -0.1) is 10.2 Å². The molecule has 1 amide bonds. The van der Waals surface area contributed by atoms with Crippen LogP contribution < -0.4 is 10.1 Å². The van der Waals surface area contributed by atoms with Gasteiger partial charge in [0.05, 0.1) is 5.25 Å². The molecule has 1 aliphatic rings. The molecule has 4 rings (SSSR count). The van der Waals surface area contributed by atoms with E-state index in [1.165, 1.54) is 24.6 Å². The standard InChI is InChI=1S/C24H28N4O2S/c1-17-10-6-9-15-21(17)30-16-22-26-27-24(28(22)20-13-4-3-5-14-20)31-18(2)23(29)25-19-11-7-8-12-19/h3-6,9-10,13-15,18-19H,7-8,11-12,16H2,1-2H3,(H,25,29). The Morgan fingerprint density at radius 2 is 1.84 bits per heavy atom. The molecule has 162 valence electrons. The van der Waals surface area contributed by atoms with Gasteiger partial charge in [0.25, 0.3) is 0 Å². The van der Waals surface area contributed by atoms with Gasteiger partial charge in [0.15, 0.2) is 11.0 Å². The summed E-state index contributed by atoms with van der Waals surface area (Å²) in [7, 11) is 0. The van der Waals surface area contributed by atoms with E-state index in [1.807, 2.05) is 73.0 Å². The summed E-state index contributed by atoms with van der Waals surface area (Å²) in [6.07, 6.45) is 4.53. The summed E-state index contributed by atoms with van der Waals surface area (Å²) >= 11 is 1.42. The minimum atomic E-state index is -0.266. The third-order valence-corrected chi connectivity index (χ3v) is 6.56. The summed E-state index contributed by atoms with van der Waals surface area (Å²) in [6.45, 7) is 4.22. The van der Waals surface area contributed by atoms with E-state index in [0.717, 1.165) is 29.8 Å². The van der Waals surface area contributed by atoms with Gasteiger partial charge in [-0.25, -0.2) is 0 Å². The third kappa shape index (κ3) is 5.28. The first-order valence-electron chi connectivity index (χ1n) is 10.8. The molecule has 1 aromatic heterocycles. The Labute approximate surface area is 187 Å². The Bertz CT molecular complexity index is 1020. The number of amides is 1. The average molecular weight is 437 g/mol. The van der Waals surface area contributed by atoms with Gasteiger partial charge in [-0.1, -0.05) is 61.0 Å². The van der Waals surface area contributed by atoms with Gasteiger partial charge in [-0.05, 0) is 50.5 Å². The van der Waals surface area contributed by atoms with E-state index in [9.17, 15) is 4.79 Å². The van der Waals surface area contributed by atoms with E-state index >= 15 is 0 Å². The molecule has 1 aliphatic carbocycles. The van der Waals surface area contributed by atoms with Crippen molar-refractivity contribution in [1.29, 1.82) is 0 Å². The molecule has 0 bridgehead atoms. The molecule has 2 aromatic carbocycles. The molecule has 3 aromatic rings. The quantitative estimate of drug-likeness (QED) is 0.519. The fourth-order valence-corrected chi connectivity index (χ4v) is 4.66. The van der Waals surface area contributed by atoms with Crippen molar-refractivity contribution in [3.05, 3.63) is 66.0 Å². The van der Waals surface area contributed by atoms with E-state index in [1.54, 1.807) is 0 Å². The second kappa shape index (κ2) is 10.0. The summed E-state index contributed by atoms with van der Waals surface area (Å²) in [5.74, 6) is 1.57. The fourth-order valence-electron chi connectivity index (χ4n) is 3.77. The van der Waals surface area contributed by atoms with E-state index < -0.39 is 0 Å². The van der Waals surface area contributed by atoms with Crippen LogP contribution in [0.25, 0.3) is 5.69 Å². The van der Waals surface area contributed by atoms with Crippen LogP contribution in [-0.4, -0.2) is 32.0 Å². The number of carbonyl (C=O) groups excluding carboxylic acids is 1. The molecule has 1 N–H and O–H groups in total. The summed E-state index contributed by atoms with van der Waals surface area (Å²) in [5, 5.41) is 12.4. The number of hydrogen-bond acceptors (Lipinski definition) is 5. The number of nitrogens with one attached hydrogen (secondary N) is 1. The van der Waals surface area contributed by atoms with Gasteiger partial charge in [0, 0.05) is 11.7 Å². The molecular formula is C24H28N4O2S. The summed E-state index contributed by atoms with van der Waals surface area (Å²) in [5.41, 5.74) is 2.02. The zero-order valence-corrected chi connectivity index (χ0v) is 18.8. The zero-order chi connectivity index (χ0) is 21.6. The largest absolute Gasteiger partial charge is 0.485 e. The first kappa shape index (κ1) is 21.4. The summed E-state index contributed by atoms with van der Waals surface area (Å²) < 4.78 is 8.00. The minimum absolute atomic E-state index is 0.0530. The number of nitrogens with zero attached hydrogens (tertiary/aromatic N) is 3. The Hall–Kier alpha value is -2.80. The predicted molar refractivity (Wildman–Crippen MR) is 123 cm³/mol. The Balaban J connectivity index is 1.53. The monoisotopic (exact) mass is 436 g/mol. The van der Waals surface area contributed by atoms with Crippen molar-refractivity contribution in [2.24, 2.45) is 0 Å². The minimum Gasteiger partial charge on any atom is -0.485 e. The third-order valence-electron chi connectivity index (χ3n) is 5.52. The predicted octanol–water partition coefficient (Wildman–Crippen LogP) is 4.69. The lowest BCUT2D eigenvalue weighted by Crippen LogP contribution is -2.37. The average Bonchev–Trinajstić information content (AvgIpc) is 3.43. The van der Waals surface area contributed by atoms with Crippen molar-refractivity contribution in [3.8, 4) is 11.4 Å². The number of rotatable bonds is 8. The number of hydrogen-bond donors (Lipinski definition) is 1. The van der Waals surface area contributed by atoms with Crippen LogP contribution in [0.5, 0.6) is 5.75 Å². The highest BCUT2D eigenvalue weighted by atomic mass is 32.2. The van der Waals surface area contributed by atoms with Crippen molar-refractivity contribution in [2.75, 3.05) is 0 Å². The molecule has 0 aliphatic heterocycles. The summed E-state index contributed by atoms with van der Waals surface area (Å²) in [4.78, 5) is 12.7. The topological polar surface area (TPSA) is 69.0 Å². The highest BCUT2D eigenvalue weighted by Crippen LogP contribution is 2.27. The first-order chi connectivity index (χ1) is 15.1. The highest BCUT2D eigenvalue weighted by Gasteiger charge is 2.24. The van der Waals surface area contributed by atoms with E-state index in [4.69, 9.17) is 4.74 Å². The van der Waals surface area contributed by atoms with Crippen LogP contribution in [0.1, 0.15) is 44.0 Å². The van der Waals surface area contributed by atoms with Gasteiger partial charge >= 0.3 is 0 Å². The van der Waals surface area contributed by atoms with Gasteiger partial charge in [0.1, 0.15) is 12.4 Å². The van der Waals surface area contributed by atoms with Gasteiger partial charge < -0.3 is 10.1 Å². The lowest BCUT2D eigenvalue weighted by molar-refractivity contribution is -0.120. The maximum atomic E-state index is 12.7. The SMILES string of the molecule is Cc1ccccc1OCc1nnc(SC(C)C(=O)NC2CCCC2)n1-c1ccccc1. The smallest absolute Gasteiger partial charge is 0.233 e. The molecule has 31 heavy (non-hydrogen) atoms. The molecule has 1 fully saturated rings. The van der Waals surface area contributed by atoms with Crippen LogP contribution >= 0.6 is 11.8 Å². The molecule has 0 saturated heterocycles. The number of aromatic nitrogens is 3. The Morgan fingerprint density at radius 1 is 1.13 bits per heavy atom. The van der Waals surface area contributed by atoms with E-state index in [2.05, 4.69) is 15.5 Å². The van der Waals surface area contributed by atoms with E-state index in [0.29, 0.717) is 17.0 Å². The van der Waals surface area contributed by atoms with Crippen LogP contribution in [0.15, 0.2) is 59.8 Å². The van der Waals surface area contributed by atoms with Crippen LogP contribution in [-0.2, 0) is 11.4 Å². The molecule has 7 heteroatoms. The van der Waals surface area contributed by atoms with Crippen LogP contribution in [0.3, 0.4) is 0 Å². The molecule has 6 nitrogen and oxygen atoms in total. The number of aryl methyl sites for hydroxylation is 1. The Kier molecular flexibility index (Phi) is 6.92. The number of carbonyl (C=O) groups is 1. The Morgan fingerprint density at radius 3 is 2.58 bits per heavy atom. The van der Waals surface area contributed by atoms with Gasteiger partial charge in [-0.3, -0.25) is 9.36 Å². The van der Waals surface area contributed by atoms with Crippen LogP contribution in [0, 0.1) is 6.92 Å². The fraction of sp³-hybridized carbons (Fsp3) is 0.375. The maximum Gasteiger partial charge on any atom is 0.233 e. The second-order valence-electron chi connectivity index (χ2n) is 7.87. The van der Waals surface area contributed by atoms with E-state index in [-0.39, 0.29) is 17.8 Å². The van der Waals surface area contributed by atoms with Gasteiger partial charge in [0.2, 0.25) is 5.91 Å². The molecule has 0 spiro atoms. The molecule has 1 saturated carbocycles. The lowest BCUT2D eigenvalue weighted by atomic mass is 10.2. The van der Waals surface area contributed by atoms with Crippen LogP contribution in [0.4, 0.5) is 0 Å². The number of ether oxygens (including phenoxy) is 1. The van der Waals surface area contributed by atoms with Crippen molar-refractivity contribution in [1.82, 2.24) is 20.1 Å². The first-order valence-corrected chi connectivity index (χ1v) is 11.6. The van der Waals surface area contributed by atoms with Crippen molar-refractivity contribution in [3.63, 3.8) is 0 Å². The molecule has 1 unspecified atom stereocenters. The van der Waals surface area contributed by atoms with Gasteiger partial charge in [-0.2, -0.15) is 0 Å². The van der Waals surface area contributed by atoms with Crippen molar-refractivity contribution >= 4 is 17.7 Å². The summed E-state index contributed by atoms with van der Waals surface area (Å²) in [6, 6.07) is 18.2. The zero-order valence-electron chi connectivity index (χ0n) is 18.0. The number of benzene rings is 2. The van der Waals surface area contributed by atoms with Crippen LogP contribution in [0.2, 0.25) is 0 Å². The molecule has 0 radical (unpaired) electrons. The second-order valence-corrected chi connectivity index (χ2v) is 9.18.